The number of fused-ring (bicyclic) bond motifs is 2. The van der Waals surface area contributed by atoms with Gasteiger partial charge in [0.15, 0.2) is 11.5 Å². The van der Waals surface area contributed by atoms with Crippen LogP contribution in [-0.4, -0.2) is 37.3 Å². The van der Waals surface area contributed by atoms with Crippen LogP contribution in [0.15, 0.2) is 39.5 Å². The summed E-state index contributed by atoms with van der Waals surface area (Å²) in [5, 5.41) is 10.7. The largest absolute Gasteiger partial charge is 0.507 e. The van der Waals surface area contributed by atoms with Gasteiger partial charge in [0.1, 0.15) is 17.1 Å². The van der Waals surface area contributed by atoms with Crippen molar-refractivity contribution in [1.29, 1.82) is 0 Å². The van der Waals surface area contributed by atoms with E-state index in [2.05, 4.69) is 0 Å². The van der Waals surface area contributed by atoms with Crippen LogP contribution in [0.5, 0.6) is 17.2 Å². The first-order chi connectivity index (χ1) is 13.5. The molecule has 146 valence electrons. The van der Waals surface area contributed by atoms with E-state index in [4.69, 9.17) is 13.9 Å². The van der Waals surface area contributed by atoms with Gasteiger partial charge in [-0.1, -0.05) is 6.07 Å². The van der Waals surface area contributed by atoms with Gasteiger partial charge in [0.25, 0.3) is 0 Å². The zero-order chi connectivity index (χ0) is 19.8. The molecular formula is C22H23NO5. The van der Waals surface area contributed by atoms with Crippen molar-refractivity contribution in [2.45, 2.75) is 19.9 Å². The summed E-state index contributed by atoms with van der Waals surface area (Å²) < 4.78 is 17.5. The van der Waals surface area contributed by atoms with Gasteiger partial charge in [-0.05, 0) is 50.8 Å². The minimum Gasteiger partial charge on any atom is -0.507 e. The summed E-state index contributed by atoms with van der Waals surface area (Å²) in [5.74, 6) is 1.93. The Morgan fingerprint density at radius 3 is 2.57 bits per heavy atom. The summed E-state index contributed by atoms with van der Waals surface area (Å²) in [7, 11) is 3.80. The van der Waals surface area contributed by atoms with E-state index in [1.54, 1.807) is 19.1 Å². The summed E-state index contributed by atoms with van der Waals surface area (Å²) in [4.78, 5) is 15.2. The quantitative estimate of drug-likeness (QED) is 0.746. The number of hydrogen-bond acceptors (Lipinski definition) is 6. The van der Waals surface area contributed by atoms with Gasteiger partial charge in [-0.15, -0.1) is 0 Å². The number of phenolic OH excluding ortho intramolecular Hbond substituents is 1. The lowest BCUT2D eigenvalue weighted by Crippen LogP contribution is -2.13. The SMILES string of the molecule is Cc1oc2c(CN(C)C)c(O)ccc2c(=O)c1-c1ccc2c(c1)OCCCO2. The fourth-order valence-electron chi connectivity index (χ4n) is 3.53. The highest BCUT2D eigenvalue weighted by atomic mass is 16.5. The molecule has 4 rings (SSSR count). The second kappa shape index (κ2) is 7.20. The molecule has 1 aliphatic rings. The van der Waals surface area contributed by atoms with Crippen molar-refractivity contribution in [3.63, 3.8) is 0 Å². The number of aryl methyl sites for hydroxylation is 1. The highest BCUT2D eigenvalue weighted by Crippen LogP contribution is 2.36. The molecule has 0 aliphatic carbocycles. The third-order valence-electron chi connectivity index (χ3n) is 4.83. The Bertz CT molecular complexity index is 1100. The fraction of sp³-hybridized carbons (Fsp3) is 0.318. The summed E-state index contributed by atoms with van der Waals surface area (Å²) >= 11 is 0. The fourth-order valence-corrected chi connectivity index (χ4v) is 3.53. The van der Waals surface area contributed by atoms with Gasteiger partial charge >= 0.3 is 0 Å². The molecular weight excluding hydrogens is 358 g/mol. The average Bonchev–Trinajstić information content (AvgIpc) is 2.89. The Labute approximate surface area is 162 Å². The van der Waals surface area contributed by atoms with Crippen molar-refractivity contribution in [2.24, 2.45) is 0 Å². The van der Waals surface area contributed by atoms with Crippen LogP contribution < -0.4 is 14.9 Å². The Morgan fingerprint density at radius 2 is 1.82 bits per heavy atom. The van der Waals surface area contributed by atoms with Gasteiger partial charge < -0.3 is 23.9 Å². The molecule has 2 aromatic carbocycles. The smallest absolute Gasteiger partial charge is 0.200 e. The molecule has 1 aliphatic heterocycles. The van der Waals surface area contributed by atoms with Gasteiger partial charge in [0.05, 0.1) is 29.7 Å². The van der Waals surface area contributed by atoms with Crippen LogP contribution in [-0.2, 0) is 6.54 Å². The molecule has 0 amide bonds. The van der Waals surface area contributed by atoms with Crippen LogP contribution in [0.1, 0.15) is 17.7 Å². The number of phenols is 1. The van der Waals surface area contributed by atoms with Gasteiger partial charge in [-0.3, -0.25) is 4.79 Å². The summed E-state index contributed by atoms with van der Waals surface area (Å²) in [5.41, 5.74) is 2.11. The van der Waals surface area contributed by atoms with E-state index in [-0.39, 0.29) is 11.2 Å². The van der Waals surface area contributed by atoms with Crippen molar-refractivity contribution in [3.05, 3.63) is 51.9 Å². The molecule has 6 heteroatoms. The van der Waals surface area contributed by atoms with E-state index in [0.29, 0.717) is 59.1 Å². The lowest BCUT2D eigenvalue weighted by molar-refractivity contribution is 0.297. The number of aromatic hydroxyl groups is 1. The van der Waals surface area contributed by atoms with Crippen molar-refractivity contribution >= 4 is 11.0 Å². The second-order valence-corrected chi connectivity index (χ2v) is 7.25. The summed E-state index contributed by atoms with van der Waals surface area (Å²) in [6, 6.07) is 8.66. The number of hydrogen-bond donors (Lipinski definition) is 1. The van der Waals surface area contributed by atoms with Gasteiger partial charge in [0.2, 0.25) is 5.43 Å². The molecule has 2 heterocycles. The molecule has 28 heavy (non-hydrogen) atoms. The van der Waals surface area contributed by atoms with Crippen molar-refractivity contribution in [1.82, 2.24) is 4.90 Å². The molecule has 0 saturated heterocycles. The molecule has 0 spiro atoms. The van der Waals surface area contributed by atoms with E-state index >= 15 is 0 Å². The number of nitrogens with zero attached hydrogens (tertiary/aromatic N) is 1. The third kappa shape index (κ3) is 3.20. The second-order valence-electron chi connectivity index (χ2n) is 7.25. The average molecular weight is 381 g/mol. The van der Waals surface area contributed by atoms with E-state index < -0.39 is 0 Å². The normalized spacial score (nSPS) is 13.7. The first-order valence-electron chi connectivity index (χ1n) is 9.28. The Hall–Kier alpha value is -2.99. The maximum absolute atomic E-state index is 13.3. The predicted molar refractivity (Wildman–Crippen MR) is 107 cm³/mol. The Morgan fingerprint density at radius 1 is 1.07 bits per heavy atom. The maximum atomic E-state index is 13.3. The van der Waals surface area contributed by atoms with E-state index in [0.717, 1.165) is 12.0 Å². The lowest BCUT2D eigenvalue weighted by atomic mass is 10.0. The van der Waals surface area contributed by atoms with Crippen molar-refractivity contribution < 1.29 is 19.0 Å². The standard InChI is InChI=1S/C22H23NO5/c1-13-20(14-5-8-18-19(11-14)27-10-4-9-26-18)21(25)15-6-7-17(24)16(12-23(2)3)22(15)28-13/h5-8,11,24H,4,9-10,12H2,1-3H3. The van der Waals surface area contributed by atoms with Crippen LogP contribution in [0.4, 0.5) is 0 Å². The molecule has 0 unspecified atom stereocenters. The zero-order valence-corrected chi connectivity index (χ0v) is 16.2. The first kappa shape index (κ1) is 18.4. The van der Waals surface area contributed by atoms with Gasteiger partial charge in [0, 0.05) is 13.0 Å². The minimum absolute atomic E-state index is 0.118. The number of rotatable bonds is 3. The number of ether oxygens (including phenoxy) is 2. The third-order valence-corrected chi connectivity index (χ3v) is 4.83. The molecule has 1 aromatic heterocycles. The molecule has 0 atom stereocenters. The maximum Gasteiger partial charge on any atom is 0.200 e. The molecule has 0 radical (unpaired) electrons. The zero-order valence-electron chi connectivity index (χ0n) is 16.2. The molecule has 0 bridgehead atoms. The summed E-state index contributed by atoms with van der Waals surface area (Å²) in [6.45, 7) is 3.42. The van der Waals surface area contributed by atoms with Crippen LogP contribution in [0, 0.1) is 6.92 Å². The van der Waals surface area contributed by atoms with Gasteiger partial charge in [-0.2, -0.15) is 0 Å². The van der Waals surface area contributed by atoms with E-state index in [1.165, 1.54) is 0 Å². The summed E-state index contributed by atoms with van der Waals surface area (Å²) in [6.07, 6.45) is 0.819. The number of benzene rings is 2. The van der Waals surface area contributed by atoms with E-state index in [1.807, 2.05) is 37.2 Å². The highest BCUT2D eigenvalue weighted by Gasteiger charge is 2.20. The van der Waals surface area contributed by atoms with Crippen LogP contribution in [0.25, 0.3) is 22.1 Å². The molecule has 0 fully saturated rings. The van der Waals surface area contributed by atoms with E-state index in [9.17, 15) is 9.90 Å². The van der Waals surface area contributed by atoms with Crippen LogP contribution in [0.3, 0.4) is 0 Å². The molecule has 3 aromatic rings. The molecule has 0 saturated carbocycles. The molecule has 1 N–H and O–H groups in total. The Balaban J connectivity index is 1.91. The van der Waals surface area contributed by atoms with Crippen LogP contribution >= 0.6 is 0 Å². The van der Waals surface area contributed by atoms with Crippen LogP contribution in [0.2, 0.25) is 0 Å². The van der Waals surface area contributed by atoms with Gasteiger partial charge in [-0.25, -0.2) is 0 Å². The molecule has 6 nitrogen and oxygen atoms in total. The monoisotopic (exact) mass is 381 g/mol. The highest BCUT2D eigenvalue weighted by molar-refractivity contribution is 5.86. The first-order valence-corrected chi connectivity index (χ1v) is 9.28. The Kier molecular flexibility index (Phi) is 4.73. The predicted octanol–water partition coefficient (Wildman–Crippen LogP) is 3.70. The topological polar surface area (TPSA) is 72.1 Å². The van der Waals surface area contributed by atoms with Crippen molar-refractivity contribution in [2.75, 3.05) is 27.3 Å². The van der Waals surface area contributed by atoms with Crippen molar-refractivity contribution in [3.8, 4) is 28.4 Å². The lowest BCUT2D eigenvalue weighted by Gasteiger charge is -2.15. The minimum atomic E-state index is -0.131.